The summed E-state index contributed by atoms with van der Waals surface area (Å²) in [7, 11) is 0. The molecule has 0 fully saturated rings. The number of carbonyl (C=O) groups is 1. The highest BCUT2D eigenvalue weighted by atomic mass is 35.5. The van der Waals surface area contributed by atoms with Gasteiger partial charge in [-0.25, -0.2) is 0 Å². The molecule has 0 N–H and O–H groups in total. The minimum atomic E-state index is 0.0328. The van der Waals surface area contributed by atoms with Gasteiger partial charge >= 0.3 is 0 Å². The number of ether oxygens (including phenoxy) is 1. The van der Waals surface area contributed by atoms with E-state index in [2.05, 4.69) is 10.1 Å². The average molecular weight is 400 g/mol. The lowest BCUT2D eigenvalue weighted by atomic mass is 10.2. The Balaban J connectivity index is 1.49. The SMILES string of the molecule is CCN(Cc1nc(-c2ccc(Cl)cc2)no1)C(=O)CCCOc1ccccc1. The molecule has 0 saturated carbocycles. The van der Waals surface area contributed by atoms with Crippen molar-refractivity contribution in [2.45, 2.75) is 26.3 Å². The zero-order chi connectivity index (χ0) is 19.8. The first kappa shape index (κ1) is 19.9. The molecule has 3 aromatic rings. The molecule has 3 rings (SSSR count). The van der Waals surface area contributed by atoms with E-state index in [1.54, 1.807) is 17.0 Å². The van der Waals surface area contributed by atoms with Crippen LogP contribution in [-0.4, -0.2) is 34.1 Å². The van der Waals surface area contributed by atoms with E-state index in [1.165, 1.54) is 0 Å². The summed E-state index contributed by atoms with van der Waals surface area (Å²) >= 11 is 5.90. The van der Waals surface area contributed by atoms with Gasteiger partial charge in [-0.2, -0.15) is 4.98 Å². The van der Waals surface area contributed by atoms with Crippen LogP contribution in [0, 0.1) is 0 Å². The fourth-order valence-electron chi connectivity index (χ4n) is 2.66. The van der Waals surface area contributed by atoms with Crippen molar-refractivity contribution in [3.05, 3.63) is 65.5 Å². The number of hydrogen-bond acceptors (Lipinski definition) is 5. The lowest BCUT2D eigenvalue weighted by molar-refractivity contribution is -0.132. The Morgan fingerprint density at radius 3 is 2.61 bits per heavy atom. The van der Waals surface area contributed by atoms with Gasteiger partial charge in [0.25, 0.3) is 0 Å². The molecule has 1 heterocycles. The highest BCUT2D eigenvalue weighted by Gasteiger charge is 2.16. The normalized spacial score (nSPS) is 10.6. The molecule has 6 nitrogen and oxygen atoms in total. The first-order valence-electron chi connectivity index (χ1n) is 9.20. The van der Waals surface area contributed by atoms with Crippen molar-refractivity contribution in [2.75, 3.05) is 13.2 Å². The number of aromatic nitrogens is 2. The number of hydrogen-bond donors (Lipinski definition) is 0. The van der Waals surface area contributed by atoms with Crippen molar-refractivity contribution in [3.63, 3.8) is 0 Å². The van der Waals surface area contributed by atoms with Crippen LogP contribution < -0.4 is 4.74 Å². The maximum atomic E-state index is 12.5. The van der Waals surface area contributed by atoms with Gasteiger partial charge in [0.1, 0.15) is 5.75 Å². The second-order valence-corrected chi connectivity index (χ2v) is 6.63. The second kappa shape index (κ2) is 9.90. The molecule has 28 heavy (non-hydrogen) atoms. The second-order valence-electron chi connectivity index (χ2n) is 6.19. The zero-order valence-electron chi connectivity index (χ0n) is 15.7. The summed E-state index contributed by atoms with van der Waals surface area (Å²) in [6, 6.07) is 16.8. The van der Waals surface area contributed by atoms with E-state index in [4.69, 9.17) is 20.9 Å². The molecule has 1 aromatic heterocycles. The minimum Gasteiger partial charge on any atom is -0.494 e. The number of benzene rings is 2. The third-order valence-corrected chi connectivity index (χ3v) is 4.43. The lowest BCUT2D eigenvalue weighted by Gasteiger charge is -2.18. The fraction of sp³-hybridized carbons (Fsp3) is 0.286. The predicted molar refractivity (Wildman–Crippen MR) is 107 cm³/mol. The van der Waals surface area contributed by atoms with Crippen LogP contribution in [-0.2, 0) is 11.3 Å². The van der Waals surface area contributed by atoms with Crippen LogP contribution in [0.2, 0.25) is 5.02 Å². The Morgan fingerprint density at radius 2 is 1.89 bits per heavy atom. The third-order valence-electron chi connectivity index (χ3n) is 4.18. The van der Waals surface area contributed by atoms with E-state index in [-0.39, 0.29) is 12.5 Å². The highest BCUT2D eigenvalue weighted by molar-refractivity contribution is 6.30. The molecule has 0 unspecified atom stereocenters. The average Bonchev–Trinajstić information content (AvgIpc) is 3.19. The Hall–Kier alpha value is -2.86. The first-order valence-corrected chi connectivity index (χ1v) is 9.57. The van der Waals surface area contributed by atoms with Gasteiger partial charge in [-0.3, -0.25) is 4.79 Å². The van der Waals surface area contributed by atoms with Crippen molar-refractivity contribution in [1.82, 2.24) is 15.0 Å². The summed E-state index contributed by atoms with van der Waals surface area (Å²) in [6.45, 7) is 3.27. The number of rotatable bonds is 9. The zero-order valence-corrected chi connectivity index (χ0v) is 16.4. The molecule has 0 aliphatic rings. The molecule has 0 aliphatic heterocycles. The van der Waals surface area contributed by atoms with Gasteiger partial charge in [0, 0.05) is 23.6 Å². The number of para-hydroxylation sites is 1. The van der Waals surface area contributed by atoms with Crippen molar-refractivity contribution < 1.29 is 14.1 Å². The van der Waals surface area contributed by atoms with Crippen LogP contribution in [0.25, 0.3) is 11.4 Å². The van der Waals surface area contributed by atoms with Gasteiger partial charge in [-0.05, 0) is 49.7 Å². The molecular weight excluding hydrogens is 378 g/mol. The molecule has 146 valence electrons. The summed E-state index contributed by atoms with van der Waals surface area (Å²) in [4.78, 5) is 18.5. The van der Waals surface area contributed by atoms with Gasteiger partial charge < -0.3 is 14.2 Å². The molecule has 0 spiro atoms. The smallest absolute Gasteiger partial charge is 0.246 e. The summed E-state index contributed by atoms with van der Waals surface area (Å²) < 4.78 is 10.9. The van der Waals surface area contributed by atoms with E-state index in [0.29, 0.717) is 42.7 Å². The Morgan fingerprint density at radius 1 is 1.14 bits per heavy atom. The topological polar surface area (TPSA) is 68.5 Å². The molecule has 0 saturated heterocycles. The van der Waals surface area contributed by atoms with Crippen molar-refractivity contribution >= 4 is 17.5 Å². The highest BCUT2D eigenvalue weighted by Crippen LogP contribution is 2.19. The van der Waals surface area contributed by atoms with Crippen LogP contribution in [0.15, 0.2) is 59.1 Å². The lowest BCUT2D eigenvalue weighted by Crippen LogP contribution is -2.30. The molecule has 1 amide bonds. The monoisotopic (exact) mass is 399 g/mol. The number of carbonyl (C=O) groups excluding carboxylic acids is 1. The summed E-state index contributed by atoms with van der Waals surface area (Å²) in [5.41, 5.74) is 0.812. The van der Waals surface area contributed by atoms with E-state index in [9.17, 15) is 4.79 Å². The third kappa shape index (κ3) is 5.57. The van der Waals surface area contributed by atoms with Gasteiger partial charge in [0.05, 0.1) is 13.2 Å². The van der Waals surface area contributed by atoms with E-state index in [0.717, 1.165) is 11.3 Å². The maximum absolute atomic E-state index is 12.5. The maximum Gasteiger partial charge on any atom is 0.246 e. The molecule has 0 bridgehead atoms. The molecule has 0 radical (unpaired) electrons. The largest absolute Gasteiger partial charge is 0.494 e. The van der Waals surface area contributed by atoms with E-state index in [1.807, 2.05) is 49.4 Å². The molecular formula is C21H22ClN3O3. The summed E-state index contributed by atoms with van der Waals surface area (Å²) in [5.74, 6) is 1.72. The van der Waals surface area contributed by atoms with Crippen molar-refractivity contribution in [2.24, 2.45) is 0 Å². The van der Waals surface area contributed by atoms with Gasteiger partial charge in [0.15, 0.2) is 0 Å². The van der Waals surface area contributed by atoms with E-state index < -0.39 is 0 Å². The molecule has 7 heteroatoms. The molecule has 0 atom stereocenters. The first-order chi connectivity index (χ1) is 13.7. The fourth-order valence-corrected chi connectivity index (χ4v) is 2.79. The Labute approximate surface area is 169 Å². The Bertz CT molecular complexity index is 881. The van der Waals surface area contributed by atoms with Gasteiger partial charge in [-0.1, -0.05) is 35.0 Å². The quantitative estimate of drug-likeness (QED) is 0.492. The van der Waals surface area contributed by atoms with Crippen LogP contribution in [0.1, 0.15) is 25.7 Å². The van der Waals surface area contributed by atoms with Gasteiger partial charge in [0.2, 0.25) is 17.6 Å². The van der Waals surface area contributed by atoms with Crippen LogP contribution in [0.3, 0.4) is 0 Å². The van der Waals surface area contributed by atoms with Crippen LogP contribution in [0.4, 0.5) is 0 Å². The number of nitrogens with zero attached hydrogens (tertiary/aromatic N) is 3. The summed E-state index contributed by atoms with van der Waals surface area (Å²) in [6.07, 6.45) is 1.04. The number of amides is 1. The molecule has 2 aromatic carbocycles. The Kier molecular flexibility index (Phi) is 7.03. The van der Waals surface area contributed by atoms with E-state index >= 15 is 0 Å². The van der Waals surface area contributed by atoms with Crippen molar-refractivity contribution in [1.29, 1.82) is 0 Å². The van der Waals surface area contributed by atoms with Crippen molar-refractivity contribution in [3.8, 4) is 17.1 Å². The van der Waals surface area contributed by atoms with Gasteiger partial charge in [-0.15, -0.1) is 0 Å². The molecule has 0 aliphatic carbocycles. The van der Waals surface area contributed by atoms with Crippen LogP contribution in [0.5, 0.6) is 5.75 Å². The van der Waals surface area contributed by atoms with Crippen LogP contribution >= 0.6 is 11.6 Å². The number of halogens is 1. The minimum absolute atomic E-state index is 0.0328. The standard InChI is InChI=1S/C21H22ClN3O3/c1-2-25(20(26)9-6-14-27-18-7-4-3-5-8-18)15-19-23-21(24-28-19)16-10-12-17(22)13-11-16/h3-5,7-8,10-13H,2,6,9,14-15H2,1H3. The summed E-state index contributed by atoms with van der Waals surface area (Å²) in [5, 5.41) is 4.63. The predicted octanol–water partition coefficient (Wildman–Crippen LogP) is 4.60.